The Morgan fingerprint density at radius 3 is 2.31 bits per heavy atom. The first kappa shape index (κ1) is 20.5. The second kappa shape index (κ2) is 8.39. The van der Waals surface area contributed by atoms with Gasteiger partial charge in [-0.2, -0.15) is 0 Å². The van der Waals surface area contributed by atoms with E-state index in [4.69, 9.17) is 11.6 Å². The standard InChI is InChI=1S/C22H16ClNO4S/c1-15-6-11-19(12-7-15)29(27,28)24-21-5-3-2-4-16(21)8-9-17-14-18(23)10-13-20(17)22(25)26/h2-7,10-14,24H,1H3,(H,25,26). The molecule has 0 heterocycles. The smallest absolute Gasteiger partial charge is 0.336 e. The average Bonchev–Trinajstić information content (AvgIpc) is 2.67. The zero-order chi connectivity index (χ0) is 21.0. The number of hydrogen-bond donors (Lipinski definition) is 2. The number of aromatic carboxylic acids is 1. The van der Waals surface area contributed by atoms with E-state index in [0.717, 1.165) is 5.56 Å². The third-order valence-corrected chi connectivity index (χ3v) is 5.66. The van der Waals surface area contributed by atoms with Crippen LogP contribution in [-0.4, -0.2) is 19.5 Å². The molecule has 0 atom stereocenters. The van der Waals surface area contributed by atoms with Crippen molar-refractivity contribution in [1.29, 1.82) is 0 Å². The van der Waals surface area contributed by atoms with Crippen molar-refractivity contribution in [2.75, 3.05) is 4.72 Å². The van der Waals surface area contributed by atoms with Crippen molar-refractivity contribution in [3.63, 3.8) is 0 Å². The van der Waals surface area contributed by atoms with Gasteiger partial charge in [-0.05, 0) is 49.4 Å². The summed E-state index contributed by atoms with van der Waals surface area (Å²) in [5.41, 5.74) is 1.89. The van der Waals surface area contributed by atoms with Crippen LogP contribution in [0.3, 0.4) is 0 Å². The molecule has 0 aliphatic heterocycles. The molecule has 0 unspecified atom stereocenters. The summed E-state index contributed by atoms with van der Waals surface area (Å²) in [5, 5.41) is 9.66. The minimum absolute atomic E-state index is 0.0135. The number of rotatable bonds is 4. The van der Waals surface area contributed by atoms with Gasteiger partial charge in [0.2, 0.25) is 0 Å². The van der Waals surface area contributed by atoms with Crippen molar-refractivity contribution in [3.8, 4) is 11.8 Å². The van der Waals surface area contributed by atoms with Gasteiger partial charge < -0.3 is 5.11 Å². The Morgan fingerprint density at radius 1 is 0.966 bits per heavy atom. The highest BCUT2D eigenvalue weighted by Gasteiger charge is 2.15. The Bertz CT molecular complexity index is 1240. The Kier molecular flexibility index (Phi) is 5.92. The molecule has 29 heavy (non-hydrogen) atoms. The third-order valence-electron chi connectivity index (χ3n) is 4.05. The highest BCUT2D eigenvalue weighted by atomic mass is 35.5. The summed E-state index contributed by atoms with van der Waals surface area (Å²) in [5.74, 6) is 4.49. The lowest BCUT2D eigenvalue weighted by atomic mass is 10.1. The molecule has 0 aliphatic rings. The van der Waals surface area contributed by atoms with Crippen molar-refractivity contribution in [2.45, 2.75) is 11.8 Å². The number of aryl methyl sites for hydroxylation is 1. The molecule has 0 fully saturated rings. The number of halogens is 1. The predicted octanol–water partition coefficient (Wildman–Crippen LogP) is 4.55. The van der Waals surface area contributed by atoms with Crippen LogP contribution in [-0.2, 0) is 10.0 Å². The number of hydrogen-bond acceptors (Lipinski definition) is 3. The fraction of sp³-hybridized carbons (Fsp3) is 0.0455. The maximum atomic E-state index is 12.7. The summed E-state index contributed by atoms with van der Waals surface area (Å²) in [6.07, 6.45) is 0. The van der Waals surface area contributed by atoms with Gasteiger partial charge in [0.1, 0.15) is 0 Å². The van der Waals surface area contributed by atoms with Gasteiger partial charge in [0.05, 0.1) is 16.1 Å². The highest BCUT2D eigenvalue weighted by molar-refractivity contribution is 7.92. The lowest BCUT2D eigenvalue weighted by Crippen LogP contribution is -2.13. The number of carbonyl (C=O) groups is 1. The first-order valence-corrected chi connectivity index (χ1v) is 10.4. The summed E-state index contributed by atoms with van der Waals surface area (Å²) in [7, 11) is -3.80. The summed E-state index contributed by atoms with van der Waals surface area (Å²) >= 11 is 5.95. The summed E-state index contributed by atoms with van der Waals surface area (Å²) in [4.78, 5) is 11.5. The van der Waals surface area contributed by atoms with Crippen LogP contribution in [0.4, 0.5) is 5.69 Å². The van der Waals surface area contributed by atoms with Crippen molar-refractivity contribution in [2.24, 2.45) is 0 Å². The topological polar surface area (TPSA) is 83.5 Å². The molecule has 0 aliphatic carbocycles. The van der Waals surface area contributed by atoms with Gasteiger partial charge in [0.15, 0.2) is 0 Å². The summed E-state index contributed by atoms with van der Waals surface area (Å²) in [6.45, 7) is 1.87. The van der Waals surface area contributed by atoms with E-state index >= 15 is 0 Å². The molecule has 146 valence electrons. The largest absolute Gasteiger partial charge is 0.478 e. The van der Waals surface area contributed by atoms with E-state index < -0.39 is 16.0 Å². The Labute approximate surface area is 174 Å². The van der Waals surface area contributed by atoms with E-state index in [9.17, 15) is 18.3 Å². The first-order valence-electron chi connectivity index (χ1n) is 8.50. The molecule has 3 rings (SSSR count). The van der Waals surface area contributed by atoms with Gasteiger partial charge in [0, 0.05) is 16.1 Å². The molecular weight excluding hydrogens is 410 g/mol. The molecule has 3 aromatic carbocycles. The monoisotopic (exact) mass is 425 g/mol. The van der Waals surface area contributed by atoms with E-state index in [0.29, 0.717) is 16.3 Å². The van der Waals surface area contributed by atoms with Gasteiger partial charge in [-0.25, -0.2) is 13.2 Å². The van der Waals surface area contributed by atoms with Gasteiger partial charge in [0.25, 0.3) is 10.0 Å². The molecule has 5 nitrogen and oxygen atoms in total. The van der Waals surface area contributed by atoms with Gasteiger partial charge >= 0.3 is 5.97 Å². The summed E-state index contributed by atoms with van der Waals surface area (Å²) < 4.78 is 27.9. The van der Waals surface area contributed by atoms with E-state index in [1.54, 1.807) is 36.4 Å². The van der Waals surface area contributed by atoms with Crippen LogP contribution in [0.1, 0.15) is 27.0 Å². The molecule has 0 bridgehead atoms. The molecule has 0 amide bonds. The van der Waals surface area contributed by atoms with E-state index in [2.05, 4.69) is 16.6 Å². The fourth-order valence-electron chi connectivity index (χ4n) is 2.54. The molecule has 2 N–H and O–H groups in total. The van der Waals surface area contributed by atoms with Crippen molar-refractivity contribution < 1.29 is 18.3 Å². The molecule has 0 spiro atoms. The quantitative estimate of drug-likeness (QED) is 0.601. The number of anilines is 1. The molecule has 7 heteroatoms. The van der Waals surface area contributed by atoms with Crippen LogP contribution in [0, 0.1) is 18.8 Å². The van der Waals surface area contributed by atoms with Crippen molar-refractivity contribution in [1.82, 2.24) is 0 Å². The number of para-hydroxylation sites is 1. The minimum atomic E-state index is -3.80. The molecule has 3 aromatic rings. The van der Waals surface area contributed by atoms with Crippen LogP contribution < -0.4 is 4.72 Å². The third kappa shape index (κ3) is 4.96. The Balaban J connectivity index is 1.98. The Morgan fingerprint density at radius 2 is 1.62 bits per heavy atom. The molecule has 0 saturated carbocycles. The average molecular weight is 426 g/mol. The van der Waals surface area contributed by atoms with Crippen LogP contribution in [0.25, 0.3) is 0 Å². The number of carboxylic acids is 1. The molecule has 0 saturated heterocycles. The summed E-state index contributed by atoms with van der Waals surface area (Å²) in [6, 6.07) is 17.4. The number of nitrogens with one attached hydrogen (secondary N) is 1. The first-order chi connectivity index (χ1) is 13.8. The van der Waals surface area contributed by atoms with Crippen LogP contribution in [0.2, 0.25) is 5.02 Å². The van der Waals surface area contributed by atoms with E-state index in [-0.39, 0.29) is 16.0 Å². The fourth-order valence-corrected chi connectivity index (χ4v) is 3.80. The maximum Gasteiger partial charge on any atom is 0.336 e. The predicted molar refractivity (Wildman–Crippen MR) is 113 cm³/mol. The number of sulfonamides is 1. The minimum Gasteiger partial charge on any atom is -0.478 e. The molecular formula is C22H16ClNO4S. The normalized spacial score (nSPS) is 10.7. The second-order valence-corrected chi connectivity index (χ2v) is 8.33. The molecule has 0 radical (unpaired) electrons. The number of benzene rings is 3. The Hall–Kier alpha value is -3.27. The highest BCUT2D eigenvalue weighted by Crippen LogP contribution is 2.21. The molecule has 0 aromatic heterocycles. The SMILES string of the molecule is Cc1ccc(S(=O)(=O)Nc2ccccc2C#Cc2cc(Cl)ccc2C(=O)O)cc1. The zero-order valence-corrected chi connectivity index (χ0v) is 16.9. The van der Waals surface area contributed by atoms with E-state index in [1.165, 1.54) is 30.3 Å². The van der Waals surface area contributed by atoms with Crippen LogP contribution in [0.15, 0.2) is 71.6 Å². The maximum absolute atomic E-state index is 12.7. The lowest BCUT2D eigenvalue weighted by Gasteiger charge is -2.10. The lowest BCUT2D eigenvalue weighted by molar-refractivity contribution is 0.0696. The van der Waals surface area contributed by atoms with E-state index in [1.807, 2.05) is 6.92 Å². The second-order valence-electron chi connectivity index (χ2n) is 6.21. The van der Waals surface area contributed by atoms with Crippen LogP contribution >= 0.6 is 11.6 Å². The van der Waals surface area contributed by atoms with Gasteiger partial charge in [-0.1, -0.05) is 53.3 Å². The van der Waals surface area contributed by atoms with Gasteiger partial charge in [-0.15, -0.1) is 0 Å². The van der Waals surface area contributed by atoms with Crippen molar-refractivity contribution in [3.05, 3.63) is 94.0 Å². The van der Waals surface area contributed by atoms with Crippen molar-refractivity contribution >= 4 is 33.3 Å². The van der Waals surface area contributed by atoms with Crippen LogP contribution in [0.5, 0.6) is 0 Å². The zero-order valence-electron chi connectivity index (χ0n) is 15.3. The van der Waals surface area contributed by atoms with Gasteiger partial charge in [-0.3, -0.25) is 4.72 Å². The number of carboxylic acid groups (broad SMARTS) is 1.